The third-order valence-electron chi connectivity index (χ3n) is 9.50. The molecule has 4 saturated carbocycles. The van der Waals surface area contributed by atoms with Crippen LogP contribution in [0.4, 0.5) is 0 Å². The topological polar surface area (TPSA) is 49.7 Å². The van der Waals surface area contributed by atoms with E-state index in [0.29, 0.717) is 24.0 Å². The first-order valence-corrected chi connectivity index (χ1v) is 11.5. The third kappa shape index (κ3) is 3.40. The number of ether oxygens (including phenoxy) is 1. The third-order valence-corrected chi connectivity index (χ3v) is 9.50. The van der Waals surface area contributed by atoms with Gasteiger partial charge in [0.05, 0.1) is 23.9 Å². The predicted octanol–water partition coefficient (Wildman–Crippen LogP) is 4.94. The first kappa shape index (κ1) is 20.2. The average Bonchev–Trinajstić information content (AvgIpc) is 2.89. The van der Waals surface area contributed by atoms with Gasteiger partial charge in [0.15, 0.2) is 0 Å². The van der Waals surface area contributed by atoms with E-state index in [1.165, 1.54) is 38.5 Å². The molecule has 156 valence electrons. The monoisotopic (exact) mass is 378 g/mol. The van der Waals surface area contributed by atoms with Crippen LogP contribution in [0.25, 0.3) is 0 Å². The quantitative estimate of drug-likeness (QED) is 0.731. The van der Waals surface area contributed by atoms with Crippen molar-refractivity contribution in [1.82, 2.24) is 0 Å². The highest BCUT2D eigenvalue weighted by Gasteiger charge is 2.61. The molecule has 3 nitrogen and oxygen atoms in total. The number of aliphatic hydroxyl groups is 2. The molecule has 0 bridgehead atoms. The predicted molar refractivity (Wildman–Crippen MR) is 108 cm³/mol. The van der Waals surface area contributed by atoms with Crippen LogP contribution < -0.4 is 0 Å². The molecular formula is C24H42O3. The molecule has 4 aliphatic rings. The van der Waals surface area contributed by atoms with Crippen molar-refractivity contribution in [3.63, 3.8) is 0 Å². The normalized spacial score (nSPS) is 52.8. The van der Waals surface area contributed by atoms with Gasteiger partial charge in [-0.25, -0.2) is 0 Å². The lowest BCUT2D eigenvalue weighted by atomic mass is 9.44. The molecule has 0 radical (unpaired) electrons. The zero-order valence-electron chi connectivity index (χ0n) is 18.3. The van der Waals surface area contributed by atoms with Crippen LogP contribution in [0.2, 0.25) is 0 Å². The lowest BCUT2D eigenvalue weighted by Gasteiger charge is -2.61. The van der Waals surface area contributed by atoms with Crippen molar-refractivity contribution in [1.29, 1.82) is 0 Å². The summed E-state index contributed by atoms with van der Waals surface area (Å²) in [5.74, 6) is 3.15. The van der Waals surface area contributed by atoms with Crippen LogP contribution in [0.15, 0.2) is 0 Å². The van der Waals surface area contributed by atoms with Crippen molar-refractivity contribution in [2.24, 2.45) is 34.5 Å². The highest BCUT2D eigenvalue weighted by Crippen LogP contribution is 2.67. The summed E-state index contributed by atoms with van der Waals surface area (Å²) in [6, 6.07) is 0. The fourth-order valence-corrected chi connectivity index (χ4v) is 7.96. The Morgan fingerprint density at radius 2 is 1.59 bits per heavy atom. The Hall–Kier alpha value is -0.120. The molecule has 27 heavy (non-hydrogen) atoms. The summed E-state index contributed by atoms with van der Waals surface area (Å²) in [6.45, 7) is 11.2. The molecule has 0 aromatic carbocycles. The number of rotatable bonds is 3. The molecule has 4 fully saturated rings. The maximum absolute atomic E-state index is 10.6. The molecular weight excluding hydrogens is 336 g/mol. The molecule has 0 aliphatic heterocycles. The summed E-state index contributed by atoms with van der Waals surface area (Å²) < 4.78 is 6.30. The van der Waals surface area contributed by atoms with Gasteiger partial charge in [-0.15, -0.1) is 0 Å². The van der Waals surface area contributed by atoms with E-state index in [-0.39, 0.29) is 5.41 Å². The van der Waals surface area contributed by atoms with Gasteiger partial charge >= 0.3 is 0 Å². The smallest absolute Gasteiger partial charge is 0.0824 e. The largest absolute Gasteiger partial charge is 0.390 e. The minimum absolute atomic E-state index is 0.287. The van der Waals surface area contributed by atoms with Crippen LogP contribution in [0.5, 0.6) is 0 Å². The van der Waals surface area contributed by atoms with Gasteiger partial charge in [0, 0.05) is 0 Å². The minimum Gasteiger partial charge on any atom is -0.390 e. The Morgan fingerprint density at radius 1 is 0.889 bits per heavy atom. The molecule has 0 aromatic rings. The molecule has 4 aliphatic carbocycles. The molecule has 0 aromatic heterocycles. The summed E-state index contributed by atoms with van der Waals surface area (Å²) in [5.41, 5.74) is -0.464. The number of hydrogen-bond acceptors (Lipinski definition) is 3. The van der Waals surface area contributed by atoms with Crippen molar-refractivity contribution < 1.29 is 14.9 Å². The van der Waals surface area contributed by atoms with Crippen LogP contribution in [0, 0.1) is 34.5 Å². The van der Waals surface area contributed by atoms with Gasteiger partial charge < -0.3 is 14.9 Å². The standard InChI is InChI=1S/C24H42O3/c1-21(2,25)15-27-20-9-8-18-17-7-6-16-14-22(3,26)12-13-23(16,4)19(17)10-11-24(18,20)5/h16-20,25-26H,6-15H2,1-5H3/t16?,17?,18?,19?,20?,22-,23?,24?/m0/s1. The fourth-order valence-electron chi connectivity index (χ4n) is 7.96. The molecule has 0 spiro atoms. The van der Waals surface area contributed by atoms with Crippen molar-refractivity contribution >= 4 is 0 Å². The van der Waals surface area contributed by atoms with Gasteiger partial charge in [-0.3, -0.25) is 0 Å². The Morgan fingerprint density at radius 3 is 2.30 bits per heavy atom. The SMILES string of the molecule is CC(C)(O)COC1CCC2C3CCC4C[C@@](C)(O)CCC4(C)C3CCC12C. The summed E-state index contributed by atoms with van der Waals surface area (Å²) >= 11 is 0. The first-order chi connectivity index (χ1) is 12.4. The number of hydrogen-bond donors (Lipinski definition) is 2. The Labute approximate surface area is 166 Å². The van der Waals surface area contributed by atoms with E-state index in [0.717, 1.165) is 37.0 Å². The van der Waals surface area contributed by atoms with Crippen LogP contribution >= 0.6 is 0 Å². The van der Waals surface area contributed by atoms with Crippen LogP contribution in [-0.2, 0) is 4.74 Å². The lowest BCUT2D eigenvalue weighted by Crippen LogP contribution is -2.56. The second kappa shape index (κ2) is 6.44. The van der Waals surface area contributed by atoms with Crippen molar-refractivity contribution in [3.05, 3.63) is 0 Å². The second-order valence-electron chi connectivity index (χ2n) is 12.1. The Kier molecular flexibility index (Phi) is 4.81. The van der Waals surface area contributed by atoms with Gasteiger partial charge in [0.1, 0.15) is 0 Å². The van der Waals surface area contributed by atoms with E-state index < -0.39 is 11.2 Å². The van der Waals surface area contributed by atoms with Crippen molar-refractivity contribution in [2.45, 2.75) is 110 Å². The van der Waals surface area contributed by atoms with Crippen LogP contribution in [-0.4, -0.2) is 34.1 Å². The molecule has 3 heteroatoms. The van der Waals surface area contributed by atoms with E-state index in [9.17, 15) is 10.2 Å². The van der Waals surface area contributed by atoms with Gasteiger partial charge in [-0.1, -0.05) is 13.8 Å². The molecule has 0 amide bonds. The highest BCUT2D eigenvalue weighted by atomic mass is 16.5. The Bertz CT molecular complexity index is 564. The molecule has 4 rings (SSSR count). The van der Waals surface area contributed by atoms with Crippen LogP contribution in [0.3, 0.4) is 0 Å². The van der Waals surface area contributed by atoms with Crippen LogP contribution in [0.1, 0.15) is 92.4 Å². The van der Waals surface area contributed by atoms with Crippen molar-refractivity contribution in [2.75, 3.05) is 6.61 Å². The minimum atomic E-state index is -0.740. The maximum atomic E-state index is 10.6. The molecule has 8 atom stereocenters. The zero-order valence-corrected chi connectivity index (χ0v) is 18.3. The first-order valence-electron chi connectivity index (χ1n) is 11.5. The van der Waals surface area contributed by atoms with Crippen molar-refractivity contribution in [3.8, 4) is 0 Å². The summed E-state index contributed by atoms with van der Waals surface area (Å²) in [4.78, 5) is 0. The van der Waals surface area contributed by atoms with E-state index in [4.69, 9.17) is 4.74 Å². The summed E-state index contributed by atoms with van der Waals surface area (Å²) in [7, 11) is 0. The van der Waals surface area contributed by atoms with Gasteiger partial charge in [0.25, 0.3) is 0 Å². The Balaban J connectivity index is 1.51. The summed E-state index contributed by atoms with van der Waals surface area (Å²) in [5, 5.41) is 20.7. The zero-order chi connectivity index (χ0) is 19.7. The molecule has 7 unspecified atom stereocenters. The molecule has 0 saturated heterocycles. The maximum Gasteiger partial charge on any atom is 0.0824 e. The second-order valence-corrected chi connectivity index (χ2v) is 12.1. The number of fused-ring (bicyclic) bond motifs is 5. The molecule has 2 N–H and O–H groups in total. The lowest BCUT2D eigenvalue weighted by molar-refractivity contribution is -0.161. The van der Waals surface area contributed by atoms with E-state index in [1.807, 2.05) is 13.8 Å². The van der Waals surface area contributed by atoms with E-state index >= 15 is 0 Å². The highest BCUT2D eigenvalue weighted by molar-refractivity contribution is 5.10. The van der Waals surface area contributed by atoms with Gasteiger partial charge in [-0.2, -0.15) is 0 Å². The van der Waals surface area contributed by atoms with Gasteiger partial charge in [-0.05, 0) is 113 Å². The van der Waals surface area contributed by atoms with Gasteiger partial charge in [0.2, 0.25) is 0 Å². The molecule has 0 heterocycles. The van der Waals surface area contributed by atoms with E-state index in [1.54, 1.807) is 0 Å². The average molecular weight is 379 g/mol. The fraction of sp³-hybridized carbons (Fsp3) is 1.00. The summed E-state index contributed by atoms with van der Waals surface area (Å²) in [6.07, 6.45) is 11.2. The van der Waals surface area contributed by atoms with E-state index in [2.05, 4.69) is 20.8 Å².